The number of likely N-dealkylation sites (N-methyl/N-ethyl adjacent to an activating group) is 1. The van der Waals surface area contributed by atoms with Gasteiger partial charge in [-0.3, -0.25) is 14.5 Å². The number of nitrogens with two attached hydrogens (primary N) is 1. The van der Waals surface area contributed by atoms with Crippen LogP contribution in [0.1, 0.15) is 6.42 Å². The third-order valence-electron chi connectivity index (χ3n) is 2.70. The van der Waals surface area contributed by atoms with Gasteiger partial charge in [0.1, 0.15) is 6.04 Å². The predicted molar refractivity (Wildman–Crippen MR) is 67.9 cm³/mol. The van der Waals surface area contributed by atoms with E-state index in [4.69, 9.17) is 5.73 Å². The average Bonchev–Trinajstić information content (AvgIpc) is 2.58. The molecule has 0 aliphatic carbocycles. The highest BCUT2D eigenvalue weighted by molar-refractivity contribution is 6.06. The van der Waals surface area contributed by atoms with Gasteiger partial charge in [-0.25, -0.2) is 4.99 Å². The predicted octanol–water partition coefficient (Wildman–Crippen LogP) is 0.170. The zero-order valence-corrected chi connectivity index (χ0v) is 9.96. The Morgan fingerprint density at radius 3 is 2.61 bits per heavy atom. The van der Waals surface area contributed by atoms with Crippen LogP contribution in [0.25, 0.3) is 0 Å². The van der Waals surface area contributed by atoms with Gasteiger partial charge in [0.2, 0.25) is 5.91 Å². The molecule has 1 fully saturated rings. The number of benzene rings is 1. The molecule has 3 N–H and O–H groups in total. The lowest BCUT2D eigenvalue weighted by atomic mass is 10.2. The molecule has 0 radical (unpaired) electrons. The lowest BCUT2D eigenvalue weighted by Crippen LogP contribution is -2.30. The van der Waals surface area contributed by atoms with Crippen molar-refractivity contribution in [3.8, 4) is 0 Å². The molecule has 1 unspecified atom stereocenters. The largest absolute Gasteiger partial charge is 0.370 e. The van der Waals surface area contributed by atoms with Crippen molar-refractivity contribution in [1.29, 1.82) is 0 Å². The number of anilines is 1. The van der Waals surface area contributed by atoms with Gasteiger partial charge in [-0.15, -0.1) is 0 Å². The van der Waals surface area contributed by atoms with E-state index in [0.717, 1.165) is 10.6 Å². The van der Waals surface area contributed by atoms with Crippen molar-refractivity contribution in [2.75, 3.05) is 12.4 Å². The molecule has 1 aromatic carbocycles. The third-order valence-corrected chi connectivity index (χ3v) is 2.70. The van der Waals surface area contributed by atoms with E-state index in [2.05, 4.69) is 10.3 Å². The molecular formula is C12H14N4O2. The zero-order valence-electron chi connectivity index (χ0n) is 9.96. The lowest BCUT2D eigenvalue weighted by molar-refractivity contribution is -0.136. The topological polar surface area (TPSA) is 87.8 Å². The van der Waals surface area contributed by atoms with Crippen LogP contribution >= 0.6 is 0 Å². The van der Waals surface area contributed by atoms with E-state index < -0.39 is 6.04 Å². The summed E-state index contributed by atoms with van der Waals surface area (Å²) in [6.07, 6.45) is 0.0759. The SMILES string of the molecule is CN1C(=O)CC(N=C(N)Nc2ccccc2)C1=O. The lowest BCUT2D eigenvalue weighted by Gasteiger charge is -2.08. The summed E-state index contributed by atoms with van der Waals surface area (Å²) in [5.74, 6) is -0.429. The minimum absolute atomic E-state index is 0.0759. The zero-order chi connectivity index (χ0) is 13.1. The number of hydrogen-bond donors (Lipinski definition) is 2. The van der Waals surface area contributed by atoms with Crippen LogP contribution in [0.15, 0.2) is 35.3 Å². The molecule has 94 valence electrons. The first-order chi connectivity index (χ1) is 8.58. The summed E-state index contributed by atoms with van der Waals surface area (Å²) in [6.45, 7) is 0. The van der Waals surface area contributed by atoms with Crippen LogP contribution < -0.4 is 11.1 Å². The highest BCUT2D eigenvalue weighted by Gasteiger charge is 2.35. The second kappa shape index (κ2) is 4.87. The van der Waals surface area contributed by atoms with E-state index in [9.17, 15) is 9.59 Å². The van der Waals surface area contributed by atoms with Gasteiger partial charge in [0.25, 0.3) is 5.91 Å². The average molecular weight is 246 g/mol. The summed E-state index contributed by atoms with van der Waals surface area (Å²) in [5.41, 5.74) is 6.48. The fourth-order valence-corrected chi connectivity index (χ4v) is 1.71. The molecule has 1 aliphatic heterocycles. The molecule has 1 aliphatic rings. The van der Waals surface area contributed by atoms with Crippen LogP contribution in [-0.4, -0.2) is 35.8 Å². The van der Waals surface area contributed by atoms with Gasteiger partial charge in [0, 0.05) is 12.7 Å². The van der Waals surface area contributed by atoms with Crippen molar-refractivity contribution >= 4 is 23.5 Å². The Morgan fingerprint density at radius 1 is 1.39 bits per heavy atom. The number of carbonyl (C=O) groups excluding carboxylic acids is 2. The number of nitrogens with zero attached hydrogens (tertiary/aromatic N) is 2. The number of amides is 2. The third kappa shape index (κ3) is 2.48. The van der Waals surface area contributed by atoms with Crippen molar-refractivity contribution in [3.05, 3.63) is 30.3 Å². The molecule has 1 aromatic rings. The van der Waals surface area contributed by atoms with E-state index in [1.165, 1.54) is 7.05 Å². The van der Waals surface area contributed by atoms with Gasteiger partial charge in [-0.2, -0.15) is 0 Å². The second-order valence-corrected chi connectivity index (χ2v) is 4.02. The summed E-state index contributed by atoms with van der Waals surface area (Å²) >= 11 is 0. The van der Waals surface area contributed by atoms with Crippen LogP contribution in [0.2, 0.25) is 0 Å². The highest BCUT2D eigenvalue weighted by atomic mass is 16.2. The van der Waals surface area contributed by atoms with Crippen molar-refractivity contribution in [2.24, 2.45) is 10.7 Å². The summed E-state index contributed by atoms with van der Waals surface area (Å²) in [6, 6.07) is 8.54. The van der Waals surface area contributed by atoms with Gasteiger partial charge in [0.05, 0.1) is 6.42 Å². The van der Waals surface area contributed by atoms with E-state index in [1.807, 2.05) is 30.3 Å². The van der Waals surface area contributed by atoms with E-state index in [-0.39, 0.29) is 24.2 Å². The van der Waals surface area contributed by atoms with Crippen LogP contribution in [0.4, 0.5) is 5.69 Å². The number of likely N-dealkylation sites (tertiary alicyclic amines) is 1. The number of carbonyl (C=O) groups is 2. The monoisotopic (exact) mass is 246 g/mol. The van der Waals surface area contributed by atoms with Crippen molar-refractivity contribution in [3.63, 3.8) is 0 Å². The molecule has 2 amide bonds. The summed E-state index contributed by atoms with van der Waals surface area (Å²) in [4.78, 5) is 28.0. The van der Waals surface area contributed by atoms with Crippen molar-refractivity contribution in [2.45, 2.75) is 12.5 Å². The number of imide groups is 1. The second-order valence-electron chi connectivity index (χ2n) is 4.02. The number of aliphatic imine (C=N–C) groups is 1. The van der Waals surface area contributed by atoms with Gasteiger partial charge >= 0.3 is 0 Å². The Hall–Kier alpha value is -2.37. The molecule has 0 spiro atoms. The van der Waals surface area contributed by atoms with Gasteiger partial charge < -0.3 is 11.1 Å². The fourth-order valence-electron chi connectivity index (χ4n) is 1.71. The molecule has 1 atom stereocenters. The molecule has 6 nitrogen and oxygen atoms in total. The highest BCUT2D eigenvalue weighted by Crippen LogP contribution is 2.14. The maximum atomic E-state index is 11.6. The molecule has 1 heterocycles. The van der Waals surface area contributed by atoms with Crippen molar-refractivity contribution < 1.29 is 9.59 Å². The number of guanidine groups is 1. The molecule has 0 bridgehead atoms. The van der Waals surface area contributed by atoms with Gasteiger partial charge in [0.15, 0.2) is 5.96 Å². The molecule has 0 saturated carbocycles. The summed E-state index contributed by atoms with van der Waals surface area (Å²) < 4.78 is 0. The molecular weight excluding hydrogens is 232 g/mol. The Kier molecular flexibility index (Phi) is 3.27. The van der Waals surface area contributed by atoms with Crippen molar-refractivity contribution in [1.82, 2.24) is 4.90 Å². The maximum Gasteiger partial charge on any atom is 0.254 e. The molecule has 2 rings (SSSR count). The van der Waals surface area contributed by atoms with Gasteiger partial charge in [-0.05, 0) is 12.1 Å². The first-order valence-corrected chi connectivity index (χ1v) is 5.53. The van der Waals surface area contributed by atoms with E-state index >= 15 is 0 Å². The Morgan fingerprint density at radius 2 is 2.06 bits per heavy atom. The summed E-state index contributed by atoms with van der Waals surface area (Å²) in [5, 5.41) is 2.86. The first kappa shape index (κ1) is 12.1. The number of hydrogen-bond acceptors (Lipinski definition) is 3. The minimum Gasteiger partial charge on any atom is -0.370 e. The van der Waals surface area contributed by atoms with Gasteiger partial charge in [-0.1, -0.05) is 18.2 Å². The fraction of sp³-hybridized carbons (Fsp3) is 0.250. The van der Waals surface area contributed by atoms with Crippen LogP contribution in [0.5, 0.6) is 0 Å². The number of rotatable bonds is 2. The number of nitrogens with one attached hydrogen (secondary N) is 1. The Bertz CT molecular complexity index is 498. The van der Waals surface area contributed by atoms with Crippen LogP contribution in [0, 0.1) is 0 Å². The molecule has 6 heteroatoms. The quantitative estimate of drug-likeness (QED) is 0.442. The maximum absolute atomic E-state index is 11.6. The molecule has 18 heavy (non-hydrogen) atoms. The van der Waals surface area contributed by atoms with E-state index in [1.54, 1.807) is 0 Å². The first-order valence-electron chi connectivity index (χ1n) is 5.53. The number of para-hydroxylation sites is 1. The Balaban J connectivity index is 2.06. The molecule has 1 saturated heterocycles. The normalized spacial score (nSPS) is 20.4. The van der Waals surface area contributed by atoms with E-state index in [0.29, 0.717) is 0 Å². The Labute approximate surface area is 104 Å². The van der Waals surface area contributed by atoms with Crippen LogP contribution in [0.3, 0.4) is 0 Å². The standard InChI is InChI=1S/C12H14N4O2/c1-16-10(17)7-9(11(16)18)15-12(13)14-8-5-3-2-4-6-8/h2-6,9H,7H2,1H3,(H3,13,14,15). The minimum atomic E-state index is -0.710. The molecule has 0 aromatic heterocycles. The summed E-state index contributed by atoms with van der Waals surface area (Å²) in [7, 11) is 1.45. The smallest absolute Gasteiger partial charge is 0.254 e. The van der Waals surface area contributed by atoms with Crippen LogP contribution in [-0.2, 0) is 9.59 Å².